The monoisotopic (exact) mass is 367 g/mol. The molecule has 1 amide bonds. The van der Waals surface area contributed by atoms with Crippen molar-refractivity contribution in [2.75, 3.05) is 23.4 Å². The Labute approximate surface area is 145 Å². The van der Waals surface area contributed by atoms with E-state index < -0.39 is 17.6 Å². The van der Waals surface area contributed by atoms with Gasteiger partial charge >= 0.3 is 6.18 Å². The van der Waals surface area contributed by atoms with E-state index in [2.05, 4.69) is 20.6 Å². The normalized spacial score (nSPS) is 10.8. The number of anilines is 2. The van der Waals surface area contributed by atoms with Crippen LogP contribution >= 0.6 is 11.8 Å². The lowest BCUT2D eigenvalue weighted by Crippen LogP contribution is -2.23. The molecule has 25 heavy (non-hydrogen) atoms. The second-order valence-electron chi connectivity index (χ2n) is 4.71. The Morgan fingerprint density at radius 3 is 2.80 bits per heavy atom. The zero-order chi connectivity index (χ0) is 18.4. The SMILES string of the molecule is CSc1ncc(C#N)c(NC(=O)CNc2cccc(C(F)(F)F)c2)n1. The molecule has 1 heterocycles. The highest BCUT2D eigenvalue weighted by Crippen LogP contribution is 2.30. The molecule has 0 bridgehead atoms. The number of carbonyl (C=O) groups is 1. The largest absolute Gasteiger partial charge is 0.416 e. The van der Waals surface area contributed by atoms with E-state index in [1.165, 1.54) is 30.1 Å². The number of thioether (sulfide) groups is 1. The Hall–Kier alpha value is -2.80. The second kappa shape index (κ2) is 7.85. The molecule has 0 aliphatic carbocycles. The highest BCUT2D eigenvalue weighted by Gasteiger charge is 2.30. The summed E-state index contributed by atoms with van der Waals surface area (Å²) in [6, 6.07) is 6.36. The predicted molar refractivity (Wildman–Crippen MR) is 87.1 cm³/mol. The van der Waals surface area contributed by atoms with Crippen molar-refractivity contribution >= 4 is 29.2 Å². The first kappa shape index (κ1) is 18.5. The lowest BCUT2D eigenvalue weighted by molar-refractivity contribution is -0.137. The van der Waals surface area contributed by atoms with Gasteiger partial charge in [0.15, 0.2) is 11.0 Å². The topological polar surface area (TPSA) is 90.7 Å². The minimum Gasteiger partial charge on any atom is -0.376 e. The molecular weight excluding hydrogens is 355 g/mol. The molecule has 0 spiro atoms. The third-order valence-electron chi connectivity index (χ3n) is 2.97. The third kappa shape index (κ3) is 5.09. The Morgan fingerprint density at radius 2 is 2.16 bits per heavy atom. The number of halogens is 3. The van der Waals surface area contributed by atoms with Gasteiger partial charge in [-0.15, -0.1) is 0 Å². The molecule has 0 radical (unpaired) electrons. The zero-order valence-corrected chi connectivity index (χ0v) is 13.7. The van der Waals surface area contributed by atoms with Crippen LogP contribution in [0.2, 0.25) is 0 Å². The summed E-state index contributed by atoms with van der Waals surface area (Å²) in [4.78, 5) is 19.9. The Bertz CT molecular complexity index is 820. The molecule has 1 aromatic heterocycles. The van der Waals surface area contributed by atoms with E-state index in [1.807, 2.05) is 6.07 Å². The molecule has 1 aromatic carbocycles. The highest BCUT2D eigenvalue weighted by molar-refractivity contribution is 7.98. The number of aromatic nitrogens is 2. The summed E-state index contributed by atoms with van der Waals surface area (Å²) in [6.07, 6.45) is -1.44. The van der Waals surface area contributed by atoms with Crippen molar-refractivity contribution in [3.8, 4) is 6.07 Å². The molecule has 10 heteroatoms. The van der Waals surface area contributed by atoms with Crippen LogP contribution in [0.1, 0.15) is 11.1 Å². The molecule has 130 valence electrons. The second-order valence-corrected chi connectivity index (χ2v) is 5.48. The Morgan fingerprint density at radius 1 is 1.40 bits per heavy atom. The van der Waals surface area contributed by atoms with Crippen LogP contribution in [0.25, 0.3) is 0 Å². The molecule has 0 saturated carbocycles. The van der Waals surface area contributed by atoms with E-state index in [-0.39, 0.29) is 23.6 Å². The fourth-order valence-electron chi connectivity index (χ4n) is 1.81. The zero-order valence-electron chi connectivity index (χ0n) is 12.9. The predicted octanol–water partition coefficient (Wildman–Crippen LogP) is 3.14. The van der Waals surface area contributed by atoms with Crippen LogP contribution in [0.3, 0.4) is 0 Å². The molecular formula is C15H12F3N5OS. The lowest BCUT2D eigenvalue weighted by atomic mass is 10.2. The molecule has 2 rings (SSSR count). The summed E-state index contributed by atoms with van der Waals surface area (Å²) >= 11 is 1.24. The average Bonchev–Trinajstić information content (AvgIpc) is 2.59. The van der Waals surface area contributed by atoms with Crippen molar-refractivity contribution in [2.45, 2.75) is 11.3 Å². The first-order chi connectivity index (χ1) is 11.8. The summed E-state index contributed by atoms with van der Waals surface area (Å²) in [6.45, 7) is -0.287. The van der Waals surface area contributed by atoms with Crippen LogP contribution < -0.4 is 10.6 Å². The molecule has 0 unspecified atom stereocenters. The van der Waals surface area contributed by atoms with Gasteiger partial charge in [0, 0.05) is 5.69 Å². The van der Waals surface area contributed by atoms with Crippen LogP contribution in [-0.4, -0.2) is 28.7 Å². The molecule has 2 aromatic rings. The maximum Gasteiger partial charge on any atom is 0.416 e. The molecule has 2 N–H and O–H groups in total. The van der Waals surface area contributed by atoms with Gasteiger partial charge in [0.05, 0.1) is 18.3 Å². The highest BCUT2D eigenvalue weighted by atomic mass is 32.2. The Balaban J connectivity index is 2.04. The number of hydrogen-bond donors (Lipinski definition) is 2. The molecule has 0 aliphatic rings. The van der Waals surface area contributed by atoms with Gasteiger partial charge in [-0.05, 0) is 24.5 Å². The van der Waals surface area contributed by atoms with Gasteiger partial charge < -0.3 is 10.6 Å². The number of hydrogen-bond acceptors (Lipinski definition) is 6. The fraction of sp³-hybridized carbons (Fsp3) is 0.200. The number of nitrogens with zero attached hydrogens (tertiary/aromatic N) is 3. The molecule has 6 nitrogen and oxygen atoms in total. The molecule has 0 atom stereocenters. The summed E-state index contributed by atoms with van der Waals surface area (Å²) in [7, 11) is 0. The van der Waals surface area contributed by atoms with Gasteiger partial charge in [0.2, 0.25) is 5.91 Å². The van der Waals surface area contributed by atoms with E-state index in [1.54, 1.807) is 6.26 Å². The summed E-state index contributed by atoms with van der Waals surface area (Å²) in [5, 5.41) is 14.4. The first-order valence-corrected chi connectivity index (χ1v) is 8.08. The number of carbonyl (C=O) groups excluding carboxylic acids is 1. The van der Waals surface area contributed by atoms with Crippen molar-refractivity contribution in [1.29, 1.82) is 5.26 Å². The third-order valence-corrected chi connectivity index (χ3v) is 3.53. The number of alkyl halides is 3. The minimum absolute atomic E-state index is 0.0534. The number of nitrogens with one attached hydrogen (secondary N) is 2. The van der Waals surface area contributed by atoms with E-state index in [4.69, 9.17) is 5.26 Å². The van der Waals surface area contributed by atoms with E-state index >= 15 is 0 Å². The van der Waals surface area contributed by atoms with Crippen molar-refractivity contribution in [1.82, 2.24) is 9.97 Å². The van der Waals surface area contributed by atoms with E-state index in [9.17, 15) is 18.0 Å². The van der Waals surface area contributed by atoms with Gasteiger partial charge in [0.1, 0.15) is 11.6 Å². The standard InChI is InChI=1S/C15H12F3N5OS/c1-25-14-21-7-9(6-19)13(23-14)22-12(24)8-20-11-4-2-3-10(5-11)15(16,17)18/h2-5,7,20H,8H2,1H3,(H,21,22,23,24). The first-order valence-electron chi connectivity index (χ1n) is 6.85. The number of rotatable bonds is 5. The van der Waals surface area contributed by atoms with Gasteiger partial charge in [0.25, 0.3) is 0 Å². The van der Waals surface area contributed by atoms with Crippen molar-refractivity contribution in [3.63, 3.8) is 0 Å². The quantitative estimate of drug-likeness (QED) is 0.623. The number of amides is 1. The molecule has 0 aliphatic heterocycles. The molecule has 0 fully saturated rings. The van der Waals surface area contributed by atoms with E-state index in [0.717, 1.165) is 12.1 Å². The fourth-order valence-corrected chi connectivity index (χ4v) is 2.15. The number of nitriles is 1. The maximum atomic E-state index is 12.7. The maximum absolute atomic E-state index is 12.7. The van der Waals surface area contributed by atoms with Crippen LogP contribution in [0.5, 0.6) is 0 Å². The summed E-state index contributed by atoms with van der Waals surface area (Å²) < 4.78 is 38.0. The van der Waals surface area contributed by atoms with E-state index in [0.29, 0.717) is 5.16 Å². The van der Waals surface area contributed by atoms with Crippen molar-refractivity contribution in [2.24, 2.45) is 0 Å². The van der Waals surface area contributed by atoms with Crippen LogP contribution in [0.15, 0.2) is 35.6 Å². The average molecular weight is 367 g/mol. The molecule has 0 saturated heterocycles. The Kier molecular flexibility index (Phi) is 5.82. The van der Waals surface area contributed by atoms with Gasteiger partial charge in [-0.25, -0.2) is 9.97 Å². The van der Waals surface area contributed by atoms with Crippen molar-refractivity contribution < 1.29 is 18.0 Å². The lowest BCUT2D eigenvalue weighted by Gasteiger charge is -2.11. The van der Waals surface area contributed by atoms with Gasteiger partial charge in [-0.3, -0.25) is 4.79 Å². The van der Waals surface area contributed by atoms with Crippen LogP contribution in [-0.2, 0) is 11.0 Å². The van der Waals surface area contributed by atoms with Crippen molar-refractivity contribution in [3.05, 3.63) is 41.6 Å². The van der Waals surface area contributed by atoms with Crippen LogP contribution in [0.4, 0.5) is 24.7 Å². The van der Waals surface area contributed by atoms with Gasteiger partial charge in [-0.2, -0.15) is 18.4 Å². The summed E-state index contributed by atoms with van der Waals surface area (Å²) in [5.41, 5.74) is -0.576. The van der Waals surface area contributed by atoms with Gasteiger partial charge in [-0.1, -0.05) is 17.8 Å². The smallest absolute Gasteiger partial charge is 0.376 e. The summed E-state index contributed by atoms with van der Waals surface area (Å²) in [5.74, 6) is -0.502. The van der Waals surface area contributed by atoms with Crippen LogP contribution in [0, 0.1) is 11.3 Å². The number of benzene rings is 1. The minimum atomic E-state index is -4.46.